The van der Waals surface area contributed by atoms with Gasteiger partial charge in [0.2, 0.25) is 0 Å². The molecule has 197 valence electrons. The van der Waals surface area contributed by atoms with Crippen molar-refractivity contribution >= 4 is 17.1 Å². The number of likely N-dealkylation sites (tertiary alicyclic amines) is 1. The van der Waals surface area contributed by atoms with Crippen LogP contribution in [0.3, 0.4) is 0 Å². The van der Waals surface area contributed by atoms with Gasteiger partial charge in [0.1, 0.15) is 5.82 Å². The number of carboxylic acid groups (broad SMARTS) is 1. The first-order valence-corrected chi connectivity index (χ1v) is 12.7. The molecule has 5 rings (SSSR count). The van der Waals surface area contributed by atoms with E-state index in [4.69, 9.17) is 14.4 Å². The summed E-state index contributed by atoms with van der Waals surface area (Å²) in [6.07, 6.45) is 1.55. The topological polar surface area (TPSA) is 111 Å². The predicted octanol–water partition coefficient (Wildman–Crippen LogP) is 4.81. The van der Waals surface area contributed by atoms with E-state index in [1.54, 1.807) is 17.6 Å². The van der Waals surface area contributed by atoms with Crippen LogP contribution in [-0.4, -0.2) is 50.5 Å². The maximum Gasteiger partial charge on any atom is 0.506 e. The Labute approximate surface area is 240 Å². The minimum atomic E-state index is -1.36. The summed E-state index contributed by atoms with van der Waals surface area (Å²) in [5.41, 5.74) is 2.57. The van der Waals surface area contributed by atoms with Crippen LogP contribution in [0.2, 0.25) is 0 Å². The maximum absolute atomic E-state index is 13.4. The van der Waals surface area contributed by atoms with Crippen molar-refractivity contribution in [2.24, 2.45) is 0 Å². The SMILES string of the molecule is CC.Cc1nc2n(c(=O)c1CCN1CCC(c3noc4cc(F)ccc34)CC1)CCCC2OC(=O)O.[Y]. The first kappa shape index (κ1) is 29.4. The van der Waals surface area contributed by atoms with Gasteiger partial charge in [0.15, 0.2) is 17.5 Å². The van der Waals surface area contributed by atoms with Gasteiger partial charge >= 0.3 is 6.16 Å². The Balaban J connectivity index is 0.00000124. The number of hydrogen-bond acceptors (Lipinski definition) is 7. The molecule has 0 spiro atoms. The molecule has 4 heterocycles. The predicted molar refractivity (Wildman–Crippen MR) is 132 cm³/mol. The number of aromatic nitrogens is 3. The molecule has 1 saturated heterocycles. The second-order valence-electron chi connectivity index (χ2n) is 9.08. The van der Waals surface area contributed by atoms with Crippen LogP contribution in [0.1, 0.15) is 74.3 Å². The van der Waals surface area contributed by atoms with Crippen LogP contribution in [-0.2, 0) is 50.4 Å². The van der Waals surface area contributed by atoms with Crippen LogP contribution in [0.25, 0.3) is 11.0 Å². The molecule has 2 aliphatic rings. The molecular weight excluding hydrogens is 556 g/mol. The number of ether oxygens (including phenoxy) is 1. The Kier molecular flexibility index (Phi) is 10.4. The van der Waals surface area contributed by atoms with Gasteiger partial charge in [0.05, 0.1) is 5.69 Å². The van der Waals surface area contributed by atoms with Gasteiger partial charge in [0.25, 0.3) is 5.56 Å². The number of halogens is 1. The molecule has 9 nitrogen and oxygen atoms in total. The van der Waals surface area contributed by atoms with Gasteiger partial charge in [0, 0.05) is 74.4 Å². The number of aryl methyl sites for hydroxylation is 1. The summed E-state index contributed by atoms with van der Waals surface area (Å²) in [6, 6.07) is 4.53. The fourth-order valence-corrected chi connectivity index (χ4v) is 5.19. The minimum absolute atomic E-state index is 0. The van der Waals surface area contributed by atoms with E-state index in [9.17, 15) is 14.0 Å². The zero-order valence-corrected chi connectivity index (χ0v) is 24.4. The molecule has 0 aliphatic carbocycles. The molecule has 0 saturated carbocycles. The van der Waals surface area contributed by atoms with Crippen LogP contribution in [0.5, 0.6) is 0 Å². The second kappa shape index (κ2) is 13.1. The Hall–Kier alpha value is -2.17. The molecule has 3 aromatic rings. The number of nitrogens with zero attached hydrogens (tertiary/aromatic N) is 4. The van der Waals surface area contributed by atoms with Gasteiger partial charge in [-0.05, 0) is 64.3 Å². The van der Waals surface area contributed by atoms with E-state index in [0.717, 1.165) is 43.6 Å². The Bertz CT molecular complexity index is 1290. The molecule has 2 aliphatic heterocycles. The van der Waals surface area contributed by atoms with E-state index < -0.39 is 12.3 Å². The molecule has 0 bridgehead atoms. The number of benzene rings is 1. The minimum Gasteiger partial charge on any atom is -0.450 e. The molecule has 1 N–H and O–H groups in total. The average Bonchev–Trinajstić information content (AvgIpc) is 3.29. The molecule has 11 heteroatoms. The molecule has 1 fully saturated rings. The largest absolute Gasteiger partial charge is 0.506 e. The van der Waals surface area contributed by atoms with E-state index >= 15 is 0 Å². The van der Waals surface area contributed by atoms with Gasteiger partial charge < -0.3 is 19.3 Å². The summed E-state index contributed by atoms with van der Waals surface area (Å²) in [6.45, 7) is 8.80. The van der Waals surface area contributed by atoms with E-state index in [1.807, 2.05) is 13.8 Å². The fourth-order valence-electron chi connectivity index (χ4n) is 5.19. The summed E-state index contributed by atoms with van der Waals surface area (Å²) in [7, 11) is 0. The van der Waals surface area contributed by atoms with E-state index in [2.05, 4.69) is 15.0 Å². The Morgan fingerprint density at radius 2 is 1.95 bits per heavy atom. The van der Waals surface area contributed by atoms with E-state index in [1.165, 1.54) is 12.1 Å². The monoisotopic (exact) mass is 589 g/mol. The first-order valence-electron chi connectivity index (χ1n) is 12.7. The first-order chi connectivity index (χ1) is 17.4. The van der Waals surface area contributed by atoms with Gasteiger partial charge in [-0.3, -0.25) is 9.36 Å². The molecule has 1 aromatic carbocycles. The van der Waals surface area contributed by atoms with E-state index in [0.29, 0.717) is 48.5 Å². The van der Waals surface area contributed by atoms with Gasteiger partial charge in [-0.25, -0.2) is 14.2 Å². The molecule has 2 aromatic heterocycles. The summed E-state index contributed by atoms with van der Waals surface area (Å²) in [4.78, 5) is 31.0. The van der Waals surface area contributed by atoms with Crippen LogP contribution in [0.15, 0.2) is 27.5 Å². The van der Waals surface area contributed by atoms with Crippen molar-refractivity contribution in [1.29, 1.82) is 0 Å². The summed E-state index contributed by atoms with van der Waals surface area (Å²) < 4.78 is 25.3. The summed E-state index contributed by atoms with van der Waals surface area (Å²) in [5, 5.41) is 14.1. The maximum atomic E-state index is 13.4. The van der Waals surface area contributed by atoms with Crippen LogP contribution in [0, 0.1) is 12.7 Å². The van der Waals surface area contributed by atoms with Gasteiger partial charge in [-0.15, -0.1) is 0 Å². The number of piperidine rings is 1. The quantitative estimate of drug-likeness (QED) is 0.423. The third kappa shape index (κ3) is 6.46. The number of hydrogen-bond donors (Lipinski definition) is 1. The van der Waals surface area contributed by atoms with Gasteiger partial charge in [-0.2, -0.15) is 0 Å². The number of carbonyl (C=O) groups is 1. The fraction of sp³-hybridized carbons (Fsp3) is 0.538. The Morgan fingerprint density at radius 1 is 1.22 bits per heavy atom. The molecular formula is C26H33FN4O5Y. The van der Waals surface area contributed by atoms with E-state index in [-0.39, 0.29) is 50.0 Å². The average molecular weight is 589 g/mol. The standard InChI is InChI=1S/C24H27FN4O5.C2H6.Y/c1-14-17(23(30)29-9-2-3-19(22(29)26-14)33-24(31)32)8-12-28-10-6-15(7-11-28)21-18-5-4-16(25)13-20(18)34-27-21;1-2;/h4-5,13,15,19H,2-3,6-12H2,1H3,(H,31,32);1-2H3;. The molecule has 1 unspecified atom stereocenters. The molecule has 37 heavy (non-hydrogen) atoms. The zero-order chi connectivity index (χ0) is 25.8. The normalized spacial score (nSPS) is 17.9. The second-order valence-corrected chi connectivity index (χ2v) is 9.08. The van der Waals surface area contributed by atoms with Crippen molar-refractivity contribution in [1.82, 2.24) is 19.6 Å². The third-order valence-corrected chi connectivity index (χ3v) is 6.99. The van der Waals surface area contributed by atoms with Gasteiger partial charge in [-0.1, -0.05) is 19.0 Å². The Morgan fingerprint density at radius 3 is 2.65 bits per heavy atom. The molecule has 0 amide bonds. The van der Waals surface area contributed by atoms with Crippen LogP contribution < -0.4 is 5.56 Å². The molecule has 1 radical (unpaired) electrons. The van der Waals surface area contributed by atoms with Crippen LogP contribution >= 0.6 is 0 Å². The van der Waals surface area contributed by atoms with Crippen molar-refractivity contribution in [3.8, 4) is 0 Å². The summed E-state index contributed by atoms with van der Waals surface area (Å²) >= 11 is 0. The zero-order valence-electron chi connectivity index (χ0n) is 21.6. The number of rotatable bonds is 5. The summed E-state index contributed by atoms with van der Waals surface area (Å²) in [5.74, 6) is 0.324. The van der Waals surface area contributed by atoms with Crippen molar-refractivity contribution < 1.29 is 56.3 Å². The smallest absolute Gasteiger partial charge is 0.450 e. The van der Waals surface area contributed by atoms with Crippen molar-refractivity contribution in [2.45, 2.75) is 71.4 Å². The van der Waals surface area contributed by atoms with Crippen LogP contribution in [0.4, 0.5) is 9.18 Å². The van der Waals surface area contributed by atoms with Crippen molar-refractivity contribution in [2.75, 3.05) is 19.6 Å². The van der Waals surface area contributed by atoms with Crippen molar-refractivity contribution in [3.63, 3.8) is 0 Å². The molecule has 1 atom stereocenters. The van der Waals surface area contributed by atoms with Crippen molar-refractivity contribution in [3.05, 3.63) is 57.1 Å². The third-order valence-electron chi connectivity index (χ3n) is 6.99. The number of fused-ring (bicyclic) bond motifs is 2.